The van der Waals surface area contributed by atoms with Crippen LogP contribution >= 0.6 is 27.7 Å². The van der Waals surface area contributed by atoms with Crippen LogP contribution in [0.5, 0.6) is 0 Å². The van der Waals surface area contributed by atoms with Crippen molar-refractivity contribution >= 4 is 39.3 Å². The second kappa shape index (κ2) is 7.53. The van der Waals surface area contributed by atoms with E-state index in [0.717, 1.165) is 26.7 Å². The Morgan fingerprint density at radius 3 is 2.96 bits per heavy atom. The molecule has 0 aliphatic heterocycles. The number of hydrogen-bond acceptors (Lipinski definition) is 4. The van der Waals surface area contributed by atoms with Crippen molar-refractivity contribution in [3.05, 3.63) is 46.7 Å². The van der Waals surface area contributed by atoms with E-state index in [0.29, 0.717) is 18.2 Å². The molecule has 0 saturated heterocycles. The lowest BCUT2D eigenvalue weighted by molar-refractivity contribution is -0.113. The second-order valence-electron chi connectivity index (χ2n) is 5.82. The highest BCUT2D eigenvalue weighted by Crippen LogP contribution is 2.40. The lowest BCUT2D eigenvalue weighted by Crippen LogP contribution is -2.15. The molecule has 1 saturated carbocycles. The minimum Gasteiger partial charge on any atom is -0.325 e. The molecular weight excluding hydrogens is 388 g/mol. The molecule has 126 valence electrons. The van der Waals surface area contributed by atoms with Crippen molar-refractivity contribution < 1.29 is 4.79 Å². The van der Waals surface area contributed by atoms with Gasteiger partial charge in [0.25, 0.3) is 0 Å². The maximum atomic E-state index is 12.2. The number of hydrogen-bond donors (Lipinski definition) is 1. The van der Waals surface area contributed by atoms with E-state index < -0.39 is 0 Å². The summed E-state index contributed by atoms with van der Waals surface area (Å²) in [7, 11) is 0. The van der Waals surface area contributed by atoms with Crippen LogP contribution in [0.1, 0.15) is 30.1 Å². The quantitative estimate of drug-likeness (QED) is 0.554. The minimum absolute atomic E-state index is 0.0529. The lowest BCUT2D eigenvalue weighted by Gasteiger charge is -2.08. The number of benzene rings is 1. The zero-order valence-electron chi connectivity index (χ0n) is 13.5. The molecule has 5 nitrogen and oxygen atoms in total. The van der Waals surface area contributed by atoms with Crippen LogP contribution in [0, 0.1) is 6.92 Å². The number of allylic oxidation sites excluding steroid dienone is 1. The average molecular weight is 407 g/mol. The van der Waals surface area contributed by atoms with E-state index in [9.17, 15) is 4.79 Å². The van der Waals surface area contributed by atoms with Crippen molar-refractivity contribution in [1.29, 1.82) is 0 Å². The first-order valence-corrected chi connectivity index (χ1v) is 9.59. The van der Waals surface area contributed by atoms with Gasteiger partial charge in [0, 0.05) is 22.6 Å². The van der Waals surface area contributed by atoms with Gasteiger partial charge >= 0.3 is 0 Å². The maximum Gasteiger partial charge on any atom is 0.234 e. The smallest absolute Gasteiger partial charge is 0.234 e. The third kappa shape index (κ3) is 4.08. The first-order chi connectivity index (χ1) is 11.6. The molecule has 0 spiro atoms. The van der Waals surface area contributed by atoms with Gasteiger partial charge in [0.05, 0.1) is 5.75 Å². The number of halogens is 1. The SMILES string of the molecule is C=CCn1c(SCC(=O)Nc2ccc(Br)c(C)c2)nnc1C1CC1. The summed E-state index contributed by atoms with van der Waals surface area (Å²) >= 11 is 4.86. The highest BCUT2D eigenvalue weighted by Gasteiger charge is 2.30. The summed E-state index contributed by atoms with van der Waals surface area (Å²) in [5, 5.41) is 12.2. The van der Waals surface area contributed by atoms with Gasteiger partial charge in [-0.1, -0.05) is 33.8 Å². The summed E-state index contributed by atoms with van der Waals surface area (Å²) in [6, 6.07) is 5.75. The molecular formula is C17H19BrN4OS. The Kier molecular flexibility index (Phi) is 5.40. The number of anilines is 1. The predicted octanol–water partition coefficient (Wildman–Crippen LogP) is 4.14. The Balaban J connectivity index is 1.61. The Morgan fingerprint density at radius 1 is 1.50 bits per heavy atom. The number of nitrogens with zero attached hydrogens (tertiary/aromatic N) is 3. The van der Waals surface area contributed by atoms with Gasteiger partial charge in [-0.25, -0.2) is 0 Å². The number of rotatable bonds is 7. The van der Waals surface area contributed by atoms with Crippen LogP contribution in [0.2, 0.25) is 0 Å². The number of nitrogens with one attached hydrogen (secondary N) is 1. The van der Waals surface area contributed by atoms with Crippen LogP contribution < -0.4 is 5.32 Å². The van der Waals surface area contributed by atoms with Crippen LogP contribution in [-0.2, 0) is 11.3 Å². The molecule has 1 aliphatic carbocycles. The van der Waals surface area contributed by atoms with Gasteiger partial charge in [-0.2, -0.15) is 0 Å². The van der Waals surface area contributed by atoms with Crippen LogP contribution in [0.25, 0.3) is 0 Å². The van der Waals surface area contributed by atoms with Gasteiger partial charge in [0.1, 0.15) is 5.82 Å². The fourth-order valence-electron chi connectivity index (χ4n) is 2.40. The van der Waals surface area contributed by atoms with Crippen LogP contribution in [0.4, 0.5) is 5.69 Å². The summed E-state index contributed by atoms with van der Waals surface area (Å²) in [5.41, 5.74) is 1.88. The molecule has 1 N–H and O–H groups in total. The number of carbonyl (C=O) groups excluding carboxylic acids is 1. The minimum atomic E-state index is -0.0529. The Bertz CT molecular complexity index is 770. The fraction of sp³-hybridized carbons (Fsp3) is 0.353. The third-order valence-electron chi connectivity index (χ3n) is 3.77. The standard InChI is InChI=1S/C17H19BrN4OS/c1-3-8-22-16(12-4-5-12)20-21-17(22)24-10-15(23)19-13-6-7-14(18)11(2)9-13/h3,6-7,9,12H,1,4-5,8,10H2,2H3,(H,19,23). The van der Waals surface area contributed by atoms with Crippen LogP contribution in [0.15, 0.2) is 40.5 Å². The topological polar surface area (TPSA) is 59.8 Å². The van der Waals surface area contributed by atoms with E-state index in [1.54, 1.807) is 0 Å². The number of thioether (sulfide) groups is 1. The van der Waals surface area contributed by atoms with Crippen molar-refractivity contribution in [2.75, 3.05) is 11.1 Å². The molecule has 1 heterocycles. The van der Waals surface area contributed by atoms with Crippen molar-refractivity contribution in [2.24, 2.45) is 0 Å². The van der Waals surface area contributed by atoms with Crippen LogP contribution in [0.3, 0.4) is 0 Å². The van der Waals surface area contributed by atoms with Gasteiger partial charge in [0.15, 0.2) is 5.16 Å². The second-order valence-corrected chi connectivity index (χ2v) is 7.61. The predicted molar refractivity (Wildman–Crippen MR) is 100 cm³/mol. The summed E-state index contributed by atoms with van der Waals surface area (Å²) in [5.74, 6) is 1.78. The van der Waals surface area contributed by atoms with E-state index in [1.165, 1.54) is 24.6 Å². The number of aryl methyl sites for hydroxylation is 1. The van der Waals surface area contributed by atoms with E-state index in [4.69, 9.17) is 0 Å². The van der Waals surface area contributed by atoms with Gasteiger partial charge in [-0.15, -0.1) is 16.8 Å². The first-order valence-electron chi connectivity index (χ1n) is 7.81. The molecule has 1 aromatic heterocycles. The van der Waals surface area contributed by atoms with Crippen LogP contribution in [-0.4, -0.2) is 26.4 Å². The normalized spacial score (nSPS) is 13.8. The molecule has 1 aliphatic rings. The van der Waals surface area contributed by atoms with Gasteiger partial charge in [-0.05, 0) is 43.5 Å². The van der Waals surface area contributed by atoms with Crippen molar-refractivity contribution in [1.82, 2.24) is 14.8 Å². The molecule has 0 radical (unpaired) electrons. The molecule has 24 heavy (non-hydrogen) atoms. The van der Waals surface area contributed by atoms with Crippen molar-refractivity contribution in [3.63, 3.8) is 0 Å². The molecule has 1 aromatic carbocycles. The molecule has 0 atom stereocenters. The molecule has 1 amide bonds. The largest absolute Gasteiger partial charge is 0.325 e. The van der Waals surface area contributed by atoms with E-state index >= 15 is 0 Å². The summed E-state index contributed by atoms with van der Waals surface area (Å²) in [4.78, 5) is 12.2. The zero-order chi connectivity index (χ0) is 17.1. The highest BCUT2D eigenvalue weighted by molar-refractivity contribution is 9.10. The molecule has 3 rings (SSSR count). The lowest BCUT2D eigenvalue weighted by atomic mass is 10.2. The monoisotopic (exact) mass is 406 g/mol. The highest BCUT2D eigenvalue weighted by atomic mass is 79.9. The van der Waals surface area contributed by atoms with Gasteiger partial charge in [-0.3, -0.25) is 4.79 Å². The Hall–Kier alpha value is -1.60. The van der Waals surface area contributed by atoms with E-state index in [2.05, 4.69) is 42.6 Å². The summed E-state index contributed by atoms with van der Waals surface area (Å²) in [6.45, 7) is 6.46. The number of aromatic nitrogens is 3. The summed E-state index contributed by atoms with van der Waals surface area (Å²) < 4.78 is 3.09. The number of amides is 1. The summed E-state index contributed by atoms with van der Waals surface area (Å²) in [6.07, 6.45) is 4.18. The van der Waals surface area contributed by atoms with Crippen molar-refractivity contribution in [2.45, 2.75) is 37.4 Å². The first kappa shape index (κ1) is 17.2. The molecule has 0 bridgehead atoms. The molecule has 1 fully saturated rings. The van der Waals surface area contributed by atoms with E-state index in [1.807, 2.05) is 31.2 Å². The number of carbonyl (C=O) groups is 1. The Labute approximate surface area is 154 Å². The zero-order valence-corrected chi connectivity index (χ0v) is 15.9. The Morgan fingerprint density at radius 2 is 2.29 bits per heavy atom. The van der Waals surface area contributed by atoms with Gasteiger partial charge < -0.3 is 9.88 Å². The molecule has 2 aromatic rings. The van der Waals surface area contributed by atoms with Gasteiger partial charge in [0.2, 0.25) is 5.91 Å². The average Bonchev–Trinajstić information content (AvgIpc) is 3.32. The molecule has 0 unspecified atom stereocenters. The van der Waals surface area contributed by atoms with Crippen molar-refractivity contribution in [3.8, 4) is 0 Å². The fourth-order valence-corrected chi connectivity index (χ4v) is 3.40. The maximum absolute atomic E-state index is 12.2. The molecule has 7 heteroatoms. The van der Waals surface area contributed by atoms with E-state index in [-0.39, 0.29) is 5.91 Å². The third-order valence-corrected chi connectivity index (χ3v) is 5.63.